The molecule has 0 spiro atoms. The van der Waals surface area contributed by atoms with Gasteiger partial charge in [-0.3, -0.25) is 10.1 Å². The summed E-state index contributed by atoms with van der Waals surface area (Å²) >= 11 is 5.53. The minimum absolute atomic E-state index is 0.279. The fourth-order valence-corrected chi connectivity index (χ4v) is 0.821. The molecule has 0 aliphatic rings. The SMILES string of the molecule is C/C(Cl)=C\c1ccc([N+](=O)[O-])o1. The van der Waals surface area contributed by atoms with Crippen LogP contribution in [0.15, 0.2) is 21.6 Å². The second kappa shape index (κ2) is 3.40. The molecule has 12 heavy (non-hydrogen) atoms. The lowest BCUT2D eigenvalue weighted by atomic mass is 10.4. The minimum Gasteiger partial charge on any atom is -0.401 e. The van der Waals surface area contributed by atoms with E-state index in [0.717, 1.165) is 0 Å². The van der Waals surface area contributed by atoms with Crippen LogP contribution in [-0.4, -0.2) is 4.92 Å². The topological polar surface area (TPSA) is 56.3 Å². The average molecular weight is 188 g/mol. The third kappa shape index (κ3) is 2.10. The molecule has 1 aromatic heterocycles. The zero-order chi connectivity index (χ0) is 9.14. The summed E-state index contributed by atoms with van der Waals surface area (Å²) in [5.41, 5.74) is 0. The number of rotatable bonds is 2. The monoisotopic (exact) mass is 187 g/mol. The van der Waals surface area contributed by atoms with E-state index in [1.54, 1.807) is 6.92 Å². The van der Waals surface area contributed by atoms with Crippen LogP contribution in [0, 0.1) is 10.1 Å². The third-order valence-electron chi connectivity index (χ3n) is 1.13. The number of hydrogen-bond acceptors (Lipinski definition) is 3. The van der Waals surface area contributed by atoms with E-state index in [4.69, 9.17) is 16.0 Å². The summed E-state index contributed by atoms with van der Waals surface area (Å²) in [7, 11) is 0. The minimum atomic E-state index is -0.596. The molecule has 0 radical (unpaired) electrons. The Morgan fingerprint density at radius 3 is 2.83 bits per heavy atom. The van der Waals surface area contributed by atoms with Crippen molar-refractivity contribution in [1.82, 2.24) is 0 Å². The Balaban J connectivity index is 2.92. The molecule has 4 nitrogen and oxygen atoms in total. The fourth-order valence-electron chi connectivity index (χ4n) is 0.714. The highest BCUT2D eigenvalue weighted by molar-refractivity contribution is 6.31. The standard InChI is InChI=1S/C7H6ClNO3/c1-5(8)4-6-2-3-7(12-6)9(10)11/h2-4H,1H3/b5-4+. The number of nitro groups is 1. The van der Waals surface area contributed by atoms with Crippen molar-refractivity contribution >= 4 is 23.6 Å². The molecule has 0 atom stereocenters. The van der Waals surface area contributed by atoms with Crippen molar-refractivity contribution in [3.05, 3.63) is 33.0 Å². The van der Waals surface area contributed by atoms with Crippen molar-refractivity contribution in [2.45, 2.75) is 6.92 Å². The molecule has 0 saturated heterocycles. The molecular formula is C7H6ClNO3. The summed E-state index contributed by atoms with van der Waals surface area (Å²) in [4.78, 5) is 9.56. The van der Waals surface area contributed by atoms with Gasteiger partial charge in [0.15, 0.2) is 0 Å². The van der Waals surface area contributed by atoms with Gasteiger partial charge < -0.3 is 4.42 Å². The lowest BCUT2D eigenvalue weighted by Gasteiger charge is -1.84. The Labute approximate surface area is 73.6 Å². The van der Waals surface area contributed by atoms with Crippen LogP contribution in [0.25, 0.3) is 6.08 Å². The maximum absolute atomic E-state index is 10.2. The van der Waals surface area contributed by atoms with Gasteiger partial charge in [0.2, 0.25) is 0 Å². The van der Waals surface area contributed by atoms with Crippen molar-refractivity contribution in [3.63, 3.8) is 0 Å². The first-order valence-corrected chi connectivity index (χ1v) is 3.55. The van der Waals surface area contributed by atoms with Crippen LogP contribution in [0.2, 0.25) is 0 Å². The van der Waals surface area contributed by atoms with Gasteiger partial charge in [0.05, 0.1) is 6.07 Å². The van der Waals surface area contributed by atoms with Crippen LogP contribution in [0.1, 0.15) is 12.7 Å². The molecule has 5 heteroatoms. The average Bonchev–Trinajstić information content (AvgIpc) is 2.34. The summed E-state index contributed by atoms with van der Waals surface area (Å²) < 4.78 is 4.80. The van der Waals surface area contributed by atoms with E-state index in [2.05, 4.69) is 0 Å². The molecule has 0 amide bonds. The first kappa shape index (κ1) is 8.80. The Morgan fingerprint density at radius 2 is 2.42 bits per heavy atom. The molecule has 64 valence electrons. The third-order valence-corrected chi connectivity index (χ3v) is 1.24. The molecule has 0 saturated carbocycles. The molecule has 0 unspecified atom stereocenters. The van der Waals surface area contributed by atoms with Crippen LogP contribution in [0.4, 0.5) is 5.88 Å². The zero-order valence-electron chi connectivity index (χ0n) is 6.28. The molecule has 1 heterocycles. The lowest BCUT2D eigenvalue weighted by molar-refractivity contribution is -0.402. The summed E-state index contributed by atoms with van der Waals surface area (Å²) in [5, 5.41) is 10.7. The van der Waals surface area contributed by atoms with E-state index in [1.807, 2.05) is 0 Å². The second-order valence-corrected chi connectivity index (χ2v) is 2.76. The highest BCUT2D eigenvalue weighted by Crippen LogP contribution is 2.18. The fraction of sp³-hybridized carbons (Fsp3) is 0.143. The van der Waals surface area contributed by atoms with Crippen LogP contribution >= 0.6 is 11.6 Å². The van der Waals surface area contributed by atoms with E-state index < -0.39 is 4.92 Å². The molecular weight excluding hydrogens is 182 g/mol. The van der Waals surface area contributed by atoms with E-state index in [-0.39, 0.29) is 5.88 Å². The van der Waals surface area contributed by atoms with Crippen LogP contribution in [0.5, 0.6) is 0 Å². The van der Waals surface area contributed by atoms with Crippen molar-refractivity contribution in [2.24, 2.45) is 0 Å². The lowest BCUT2D eigenvalue weighted by Crippen LogP contribution is -1.82. The number of halogens is 1. The number of nitrogens with zero attached hydrogens (tertiary/aromatic N) is 1. The molecule has 0 aromatic carbocycles. The number of furan rings is 1. The van der Waals surface area contributed by atoms with Crippen molar-refractivity contribution in [1.29, 1.82) is 0 Å². The molecule has 0 fully saturated rings. The first-order valence-electron chi connectivity index (χ1n) is 3.17. The Kier molecular flexibility index (Phi) is 2.50. The quantitative estimate of drug-likeness (QED) is 0.528. The number of allylic oxidation sites excluding steroid dienone is 1. The van der Waals surface area contributed by atoms with Gasteiger partial charge in [-0.15, -0.1) is 0 Å². The Hall–Kier alpha value is -1.29. The van der Waals surface area contributed by atoms with Gasteiger partial charge in [-0.05, 0) is 19.1 Å². The maximum Gasteiger partial charge on any atom is 0.433 e. The van der Waals surface area contributed by atoms with Gasteiger partial charge in [-0.1, -0.05) is 11.6 Å². The summed E-state index contributed by atoms with van der Waals surface area (Å²) in [5.74, 6) is 0.105. The van der Waals surface area contributed by atoms with Crippen molar-refractivity contribution in [3.8, 4) is 0 Å². The first-order chi connectivity index (χ1) is 5.59. The van der Waals surface area contributed by atoms with Crippen molar-refractivity contribution in [2.75, 3.05) is 0 Å². The Bertz CT molecular complexity index is 325. The van der Waals surface area contributed by atoms with E-state index in [0.29, 0.717) is 10.8 Å². The highest BCUT2D eigenvalue weighted by atomic mass is 35.5. The molecule has 0 aliphatic heterocycles. The van der Waals surface area contributed by atoms with Gasteiger partial charge in [0.1, 0.15) is 10.7 Å². The number of hydrogen-bond donors (Lipinski definition) is 0. The molecule has 1 aromatic rings. The van der Waals surface area contributed by atoms with E-state index >= 15 is 0 Å². The smallest absolute Gasteiger partial charge is 0.401 e. The summed E-state index contributed by atoms with van der Waals surface area (Å²) in [6.07, 6.45) is 1.51. The molecule has 0 aliphatic carbocycles. The normalized spacial score (nSPS) is 11.7. The van der Waals surface area contributed by atoms with Gasteiger partial charge >= 0.3 is 5.88 Å². The predicted octanol–water partition coefficient (Wildman–Crippen LogP) is 2.79. The van der Waals surface area contributed by atoms with Crippen LogP contribution in [-0.2, 0) is 0 Å². The zero-order valence-corrected chi connectivity index (χ0v) is 7.04. The second-order valence-electron chi connectivity index (χ2n) is 2.16. The maximum atomic E-state index is 10.2. The van der Waals surface area contributed by atoms with E-state index in [9.17, 15) is 10.1 Å². The largest absolute Gasteiger partial charge is 0.433 e. The highest BCUT2D eigenvalue weighted by Gasteiger charge is 2.09. The van der Waals surface area contributed by atoms with Crippen LogP contribution < -0.4 is 0 Å². The molecule has 0 bridgehead atoms. The molecule has 1 rings (SSSR count). The van der Waals surface area contributed by atoms with Crippen LogP contribution in [0.3, 0.4) is 0 Å². The summed E-state index contributed by atoms with van der Waals surface area (Å²) in [6, 6.07) is 2.77. The van der Waals surface area contributed by atoms with E-state index in [1.165, 1.54) is 18.2 Å². The van der Waals surface area contributed by atoms with Gasteiger partial charge in [-0.2, -0.15) is 0 Å². The van der Waals surface area contributed by atoms with Crippen molar-refractivity contribution < 1.29 is 9.34 Å². The predicted molar refractivity (Wildman–Crippen MR) is 44.9 cm³/mol. The summed E-state index contributed by atoms with van der Waals surface area (Å²) in [6.45, 7) is 1.66. The van der Waals surface area contributed by atoms with Gasteiger partial charge in [0, 0.05) is 5.03 Å². The van der Waals surface area contributed by atoms with Gasteiger partial charge in [-0.25, -0.2) is 0 Å². The van der Waals surface area contributed by atoms with Gasteiger partial charge in [0.25, 0.3) is 0 Å². The Morgan fingerprint density at radius 1 is 1.75 bits per heavy atom. The molecule has 0 N–H and O–H groups in total.